The lowest BCUT2D eigenvalue weighted by Crippen LogP contribution is -2.31. The Morgan fingerprint density at radius 2 is 1.94 bits per heavy atom. The maximum atomic E-state index is 11.4. The Balaban J connectivity index is 3.91. The highest BCUT2D eigenvalue weighted by Crippen LogP contribution is 2.03. The molecular weight excluding hydrogens is 214 g/mol. The van der Waals surface area contributed by atoms with Crippen molar-refractivity contribution in [2.45, 2.75) is 33.1 Å². The molecule has 1 amide bonds. The van der Waals surface area contributed by atoms with Crippen molar-refractivity contribution in [1.29, 1.82) is 5.26 Å². The third-order valence-corrected chi connectivity index (χ3v) is 2.53. The standard InChI is InChI=1S/C13H25N3O/c1-12(2)11-16(10-6-8-14)9-5-7-13(17)15(3)4/h12H,5-7,9-11H2,1-4H3. The number of hydrogen-bond acceptors (Lipinski definition) is 3. The average molecular weight is 239 g/mol. The van der Waals surface area contributed by atoms with Gasteiger partial charge in [-0.3, -0.25) is 4.79 Å². The van der Waals surface area contributed by atoms with Gasteiger partial charge in [-0.1, -0.05) is 13.8 Å². The van der Waals surface area contributed by atoms with Crippen LogP contribution in [0.25, 0.3) is 0 Å². The summed E-state index contributed by atoms with van der Waals surface area (Å²) in [6.07, 6.45) is 2.03. The molecule has 17 heavy (non-hydrogen) atoms. The molecule has 4 nitrogen and oxygen atoms in total. The second-order valence-electron chi connectivity index (χ2n) is 4.99. The molecule has 0 aliphatic carbocycles. The van der Waals surface area contributed by atoms with Crippen molar-refractivity contribution >= 4 is 5.91 Å². The fourth-order valence-corrected chi connectivity index (χ4v) is 1.70. The van der Waals surface area contributed by atoms with Gasteiger partial charge in [0.15, 0.2) is 0 Å². The first kappa shape index (κ1) is 15.9. The first-order chi connectivity index (χ1) is 7.97. The van der Waals surface area contributed by atoms with E-state index in [4.69, 9.17) is 5.26 Å². The summed E-state index contributed by atoms with van der Waals surface area (Å²) in [5, 5.41) is 8.60. The van der Waals surface area contributed by atoms with Gasteiger partial charge in [-0.25, -0.2) is 0 Å². The van der Waals surface area contributed by atoms with Crippen molar-refractivity contribution in [3.63, 3.8) is 0 Å². The second-order valence-corrected chi connectivity index (χ2v) is 4.99. The monoisotopic (exact) mass is 239 g/mol. The summed E-state index contributed by atoms with van der Waals surface area (Å²) in [6, 6.07) is 2.17. The quantitative estimate of drug-likeness (QED) is 0.648. The number of nitriles is 1. The van der Waals surface area contributed by atoms with Crippen LogP contribution in [-0.4, -0.2) is 49.4 Å². The van der Waals surface area contributed by atoms with Crippen molar-refractivity contribution < 1.29 is 4.79 Å². The molecule has 0 aromatic heterocycles. The van der Waals surface area contributed by atoms with E-state index in [0.29, 0.717) is 18.8 Å². The van der Waals surface area contributed by atoms with E-state index < -0.39 is 0 Å². The van der Waals surface area contributed by atoms with Crippen LogP contribution in [0.2, 0.25) is 0 Å². The Hall–Kier alpha value is -1.08. The lowest BCUT2D eigenvalue weighted by Gasteiger charge is -2.23. The van der Waals surface area contributed by atoms with E-state index in [2.05, 4.69) is 24.8 Å². The molecule has 0 radical (unpaired) electrons. The fourth-order valence-electron chi connectivity index (χ4n) is 1.70. The van der Waals surface area contributed by atoms with Crippen molar-refractivity contribution in [3.8, 4) is 6.07 Å². The first-order valence-corrected chi connectivity index (χ1v) is 6.26. The molecule has 0 unspecified atom stereocenters. The predicted molar refractivity (Wildman–Crippen MR) is 69.4 cm³/mol. The summed E-state index contributed by atoms with van der Waals surface area (Å²) in [4.78, 5) is 15.3. The van der Waals surface area contributed by atoms with Crippen molar-refractivity contribution in [3.05, 3.63) is 0 Å². The molecule has 0 aliphatic heterocycles. The summed E-state index contributed by atoms with van der Waals surface area (Å²) >= 11 is 0. The van der Waals surface area contributed by atoms with Gasteiger partial charge >= 0.3 is 0 Å². The highest BCUT2D eigenvalue weighted by atomic mass is 16.2. The van der Waals surface area contributed by atoms with Crippen LogP contribution >= 0.6 is 0 Å². The van der Waals surface area contributed by atoms with E-state index in [1.165, 1.54) is 0 Å². The molecule has 4 heteroatoms. The first-order valence-electron chi connectivity index (χ1n) is 6.26. The van der Waals surface area contributed by atoms with Crippen molar-refractivity contribution in [2.24, 2.45) is 5.92 Å². The highest BCUT2D eigenvalue weighted by molar-refractivity contribution is 5.75. The molecule has 0 saturated heterocycles. The normalized spacial score (nSPS) is 10.6. The maximum Gasteiger partial charge on any atom is 0.222 e. The molecule has 98 valence electrons. The average Bonchev–Trinajstić information content (AvgIpc) is 2.24. The van der Waals surface area contributed by atoms with Crippen LogP contribution < -0.4 is 0 Å². The SMILES string of the molecule is CC(C)CN(CCC#N)CCCC(=O)N(C)C. The second kappa shape index (κ2) is 9.00. The lowest BCUT2D eigenvalue weighted by molar-refractivity contribution is -0.128. The highest BCUT2D eigenvalue weighted by Gasteiger charge is 2.09. The van der Waals surface area contributed by atoms with Crippen LogP contribution in [-0.2, 0) is 4.79 Å². The fraction of sp³-hybridized carbons (Fsp3) is 0.846. The summed E-state index contributed by atoms with van der Waals surface area (Å²) in [7, 11) is 3.56. The van der Waals surface area contributed by atoms with Gasteiger partial charge in [0.05, 0.1) is 6.07 Å². The third kappa shape index (κ3) is 8.70. The van der Waals surface area contributed by atoms with Gasteiger partial charge < -0.3 is 9.80 Å². The van der Waals surface area contributed by atoms with Crippen LogP contribution in [0.15, 0.2) is 0 Å². The summed E-state index contributed by atoms with van der Waals surface area (Å²) in [5.74, 6) is 0.771. The Morgan fingerprint density at radius 3 is 2.41 bits per heavy atom. The molecule has 0 aromatic carbocycles. The zero-order valence-electron chi connectivity index (χ0n) is 11.6. The van der Waals surface area contributed by atoms with Gasteiger partial charge in [-0.2, -0.15) is 5.26 Å². The van der Waals surface area contributed by atoms with E-state index in [1.807, 2.05) is 0 Å². The van der Waals surface area contributed by atoms with Gasteiger partial charge in [0.2, 0.25) is 5.91 Å². The summed E-state index contributed by atoms with van der Waals surface area (Å²) in [6.45, 7) is 7.05. The Morgan fingerprint density at radius 1 is 1.29 bits per heavy atom. The largest absolute Gasteiger partial charge is 0.349 e. The van der Waals surface area contributed by atoms with Crippen LogP contribution in [0.1, 0.15) is 33.1 Å². The smallest absolute Gasteiger partial charge is 0.222 e. The molecule has 0 N–H and O–H groups in total. The molecule has 0 atom stereocenters. The van der Waals surface area contributed by atoms with Crippen molar-refractivity contribution in [1.82, 2.24) is 9.80 Å². The minimum absolute atomic E-state index is 0.176. The van der Waals surface area contributed by atoms with Gasteiger partial charge in [0.1, 0.15) is 0 Å². The van der Waals surface area contributed by atoms with Crippen molar-refractivity contribution in [2.75, 3.05) is 33.7 Å². The van der Waals surface area contributed by atoms with Gasteiger partial charge in [-0.05, 0) is 18.9 Å². The Bertz CT molecular complexity index is 256. The van der Waals surface area contributed by atoms with Crippen LogP contribution in [0.4, 0.5) is 0 Å². The molecule has 0 rings (SSSR count). The molecule has 0 saturated carbocycles. The summed E-state index contributed by atoms with van der Waals surface area (Å²) < 4.78 is 0. The minimum atomic E-state index is 0.176. The maximum absolute atomic E-state index is 11.4. The summed E-state index contributed by atoms with van der Waals surface area (Å²) in [5.41, 5.74) is 0. The Kier molecular flexibility index (Phi) is 8.43. The lowest BCUT2D eigenvalue weighted by atomic mass is 10.2. The van der Waals surface area contributed by atoms with E-state index in [0.717, 1.165) is 26.1 Å². The Labute approximate surface area is 105 Å². The minimum Gasteiger partial charge on any atom is -0.349 e. The topological polar surface area (TPSA) is 47.3 Å². The molecular formula is C13H25N3O. The van der Waals surface area contributed by atoms with Crippen LogP contribution in [0.3, 0.4) is 0 Å². The number of nitrogens with zero attached hydrogens (tertiary/aromatic N) is 3. The molecule has 0 aliphatic rings. The molecule has 0 heterocycles. The number of carbonyl (C=O) groups excluding carboxylic acids is 1. The third-order valence-electron chi connectivity index (χ3n) is 2.53. The molecule has 0 spiro atoms. The van der Waals surface area contributed by atoms with Gasteiger partial charge in [-0.15, -0.1) is 0 Å². The van der Waals surface area contributed by atoms with Gasteiger partial charge in [0, 0.05) is 40.0 Å². The molecule has 0 aromatic rings. The number of amides is 1. The van der Waals surface area contributed by atoms with Crippen LogP contribution in [0.5, 0.6) is 0 Å². The number of hydrogen-bond donors (Lipinski definition) is 0. The van der Waals surface area contributed by atoms with E-state index in [9.17, 15) is 4.79 Å². The van der Waals surface area contributed by atoms with E-state index in [-0.39, 0.29) is 5.91 Å². The molecule has 0 fully saturated rings. The van der Waals surface area contributed by atoms with Gasteiger partial charge in [0.25, 0.3) is 0 Å². The zero-order valence-corrected chi connectivity index (χ0v) is 11.6. The number of carbonyl (C=O) groups is 1. The van der Waals surface area contributed by atoms with Crippen LogP contribution in [0, 0.1) is 17.2 Å². The van der Waals surface area contributed by atoms with E-state index >= 15 is 0 Å². The van der Waals surface area contributed by atoms with E-state index in [1.54, 1.807) is 19.0 Å². The predicted octanol–water partition coefficient (Wildman–Crippen LogP) is 1.73. The molecule has 0 bridgehead atoms. The zero-order chi connectivity index (χ0) is 13.3. The number of rotatable bonds is 8.